The highest BCUT2D eigenvalue weighted by Gasteiger charge is 2.46. The molecule has 2 rings (SSSR count). The van der Waals surface area contributed by atoms with Gasteiger partial charge in [-0.2, -0.15) is 0 Å². The number of nitrogens with one attached hydrogen (secondary N) is 1. The van der Waals surface area contributed by atoms with E-state index in [9.17, 15) is 0 Å². The Bertz CT molecular complexity index is 227. The van der Waals surface area contributed by atoms with Crippen LogP contribution in [0.15, 0.2) is 0 Å². The lowest BCUT2D eigenvalue weighted by Gasteiger charge is -2.46. The van der Waals surface area contributed by atoms with Gasteiger partial charge in [-0.15, -0.1) is 0 Å². The van der Waals surface area contributed by atoms with Gasteiger partial charge in [0.25, 0.3) is 0 Å². The first-order valence-corrected chi connectivity index (χ1v) is 6.80. The summed E-state index contributed by atoms with van der Waals surface area (Å²) in [6, 6.07) is 2.11. The maximum Gasteiger partial charge on any atom is 0.0336 e. The van der Waals surface area contributed by atoms with Gasteiger partial charge in [-0.05, 0) is 46.1 Å². The molecule has 2 aliphatic rings. The minimum absolute atomic E-state index is 0.216. The van der Waals surface area contributed by atoms with Crippen LogP contribution in [0.2, 0.25) is 0 Å². The van der Waals surface area contributed by atoms with E-state index in [2.05, 4.69) is 31.1 Å². The third kappa shape index (κ3) is 2.13. The van der Waals surface area contributed by atoms with Crippen molar-refractivity contribution in [2.45, 2.75) is 69.6 Å². The Hall–Kier alpha value is -0.120. The summed E-state index contributed by atoms with van der Waals surface area (Å²) in [6.07, 6.45) is 6.39. The van der Waals surface area contributed by atoms with Gasteiger partial charge < -0.3 is 16.0 Å². The lowest BCUT2D eigenvalue weighted by molar-refractivity contribution is 0.0874. The monoisotopic (exact) mass is 225 g/mol. The first-order valence-electron chi connectivity index (χ1n) is 6.80. The Balaban J connectivity index is 2.06. The molecule has 2 heterocycles. The van der Waals surface area contributed by atoms with Crippen molar-refractivity contribution in [2.75, 3.05) is 13.6 Å². The topological polar surface area (TPSA) is 41.3 Å². The SMILES string of the molecule is CCC(C)NC1(CN)CC2CCC(C1)N2C. The highest BCUT2D eigenvalue weighted by atomic mass is 15.2. The van der Waals surface area contributed by atoms with Crippen LogP contribution in [0.5, 0.6) is 0 Å². The van der Waals surface area contributed by atoms with E-state index in [1.807, 2.05) is 0 Å². The van der Waals surface area contributed by atoms with Gasteiger partial charge in [0.2, 0.25) is 0 Å². The van der Waals surface area contributed by atoms with Crippen LogP contribution in [0.1, 0.15) is 46.0 Å². The van der Waals surface area contributed by atoms with Crippen molar-refractivity contribution in [1.29, 1.82) is 0 Å². The van der Waals surface area contributed by atoms with E-state index in [0.29, 0.717) is 6.04 Å². The third-order valence-corrected chi connectivity index (χ3v) is 4.79. The standard InChI is InChI=1S/C13H27N3/c1-4-10(2)15-13(9-14)7-11-5-6-12(8-13)16(11)3/h10-12,15H,4-9,14H2,1-3H3. The highest BCUT2D eigenvalue weighted by molar-refractivity contribution is 5.06. The Labute approximate surface area is 99.8 Å². The van der Waals surface area contributed by atoms with Crippen LogP contribution in [0.4, 0.5) is 0 Å². The molecule has 2 bridgehead atoms. The molecule has 3 nitrogen and oxygen atoms in total. The fraction of sp³-hybridized carbons (Fsp3) is 1.00. The molecule has 0 aliphatic carbocycles. The van der Waals surface area contributed by atoms with E-state index in [1.165, 1.54) is 32.1 Å². The van der Waals surface area contributed by atoms with E-state index in [4.69, 9.17) is 5.73 Å². The lowest BCUT2D eigenvalue weighted by atomic mass is 9.82. The van der Waals surface area contributed by atoms with Gasteiger partial charge in [0.05, 0.1) is 0 Å². The van der Waals surface area contributed by atoms with Crippen LogP contribution in [0, 0.1) is 0 Å². The second-order valence-electron chi connectivity index (χ2n) is 5.90. The van der Waals surface area contributed by atoms with Crippen molar-refractivity contribution >= 4 is 0 Å². The lowest BCUT2D eigenvalue weighted by Crippen LogP contribution is -2.62. The molecule has 0 saturated carbocycles. The predicted molar refractivity (Wildman–Crippen MR) is 68.5 cm³/mol. The normalized spacial score (nSPS) is 41.2. The van der Waals surface area contributed by atoms with Crippen LogP contribution >= 0.6 is 0 Å². The summed E-state index contributed by atoms with van der Waals surface area (Å²) in [5, 5.41) is 3.80. The minimum atomic E-state index is 0.216. The summed E-state index contributed by atoms with van der Waals surface area (Å²) < 4.78 is 0. The summed E-state index contributed by atoms with van der Waals surface area (Å²) in [4.78, 5) is 2.58. The molecule has 3 heteroatoms. The van der Waals surface area contributed by atoms with Crippen LogP contribution in [0.25, 0.3) is 0 Å². The zero-order valence-corrected chi connectivity index (χ0v) is 11.0. The summed E-state index contributed by atoms with van der Waals surface area (Å²) in [5.74, 6) is 0. The highest BCUT2D eigenvalue weighted by Crippen LogP contribution is 2.39. The number of nitrogens with two attached hydrogens (primary N) is 1. The molecule has 2 fully saturated rings. The van der Waals surface area contributed by atoms with Crippen molar-refractivity contribution in [1.82, 2.24) is 10.2 Å². The molecule has 94 valence electrons. The van der Waals surface area contributed by atoms with Crippen molar-refractivity contribution in [3.8, 4) is 0 Å². The van der Waals surface area contributed by atoms with Gasteiger partial charge in [0.1, 0.15) is 0 Å². The first kappa shape index (κ1) is 12.3. The third-order valence-electron chi connectivity index (χ3n) is 4.79. The quantitative estimate of drug-likeness (QED) is 0.758. The molecule has 3 unspecified atom stereocenters. The number of piperidine rings is 1. The van der Waals surface area contributed by atoms with E-state index < -0.39 is 0 Å². The largest absolute Gasteiger partial charge is 0.329 e. The first-order chi connectivity index (χ1) is 7.60. The molecule has 0 spiro atoms. The number of nitrogens with zero attached hydrogens (tertiary/aromatic N) is 1. The van der Waals surface area contributed by atoms with Gasteiger partial charge in [-0.25, -0.2) is 0 Å². The molecule has 3 atom stereocenters. The zero-order valence-electron chi connectivity index (χ0n) is 11.0. The molecule has 0 aromatic heterocycles. The van der Waals surface area contributed by atoms with Gasteiger partial charge in [0.15, 0.2) is 0 Å². The number of hydrogen-bond acceptors (Lipinski definition) is 3. The zero-order chi connectivity index (χ0) is 11.8. The van der Waals surface area contributed by atoms with Crippen LogP contribution < -0.4 is 11.1 Å². The molecule has 3 N–H and O–H groups in total. The average Bonchev–Trinajstić information content (AvgIpc) is 2.54. The van der Waals surface area contributed by atoms with Crippen molar-refractivity contribution < 1.29 is 0 Å². The molecular weight excluding hydrogens is 198 g/mol. The van der Waals surface area contributed by atoms with Crippen LogP contribution in [-0.4, -0.2) is 42.2 Å². The maximum atomic E-state index is 6.06. The molecule has 2 saturated heterocycles. The molecule has 16 heavy (non-hydrogen) atoms. The Morgan fingerprint density at radius 1 is 1.38 bits per heavy atom. The van der Waals surface area contributed by atoms with Gasteiger partial charge in [-0.1, -0.05) is 6.92 Å². The minimum Gasteiger partial charge on any atom is -0.329 e. The fourth-order valence-corrected chi connectivity index (χ4v) is 3.54. The Morgan fingerprint density at radius 2 is 1.94 bits per heavy atom. The van der Waals surface area contributed by atoms with Crippen molar-refractivity contribution in [3.05, 3.63) is 0 Å². The van der Waals surface area contributed by atoms with Crippen LogP contribution in [0.3, 0.4) is 0 Å². The summed E-state index contributed by atoms with van der Waals surface area (Å²) >= 11 is 0. The van der Waals surface area contributed by atoms with Gasteiger partial charge >= 0.3 is 0 Å². The van der Waals surface area contributed by atoms with Crippen LogP contribution in [-0.2, 0) is 0 Å². The molecular formula is C13H27N3. The molecule has 0 amide bonds. The number of rotatable bonds is 4. The smallest absolute Gasteiger partial charge is 0.0336 e. The second-order valence-corrected chi connectivity index (χ2v) is 5.90. The summed E-state index contributed by atoms with van der Waals surface area (Å²) in [6.45, 7) is 5.31. The van der Waals surface area contributed by atoms with Crippen molar-refractivity contribution in [3.63, 3.8) is 0 Å². The predicted octanol–water partition coefficient (Wildman–Crippen LogP) is 1.33. The Kier molecular flexibility index (Phi) is 3.57. The van der Waals surface area contributed by atoms with E-state index >= 15 is 0 Å². The molecule has 0 radical (unpaired) electrons. The molecule has 0 aromatic rings. The van der Waals surface area contributed by atoms with Gasteiger partial charge in [-0.3, -0.25) is 0 Å². The van der Waals surface area contributed by atoms with Gasteiger partial charge in [0, 0.05) is 30.2 Å². The maximum absolute atomic E-state index is 6.06. The number of fused-ring (bicyclic) bond motifs is 2. The van der Waals surface area contributed by atoms with Crippen molar-refractivity contribution in [2.24, 2.45) is 5.73 Å². The van der Waals surface area contributed by atoms with E-state index in [1.54, 1.807) is 0 Å². The Morgan fingerprint density at radius 3 is 2.38 bits per heavy atom. The fourth-order valence-electron chi connectivity index (χ4n) is 3.54. The number of hydrogen-bond donors (Lipinski definition) is 2. The molecule has 2 aliphatic heterocycles. The van der Waals surface area contributed by atoms with E-state index in [0.717, 1.165) is 18.6 Å². The summed E-state index contributed by atoms with van der Waals surface area (Å²) in [7, 11) is 2.28. The molecule has 0 aromatic carbocycles. The average molecular weight is 225 g/mol. The van der Waals surface area contributed by atoms with E-state index in [-0.39, 0.29) is 5.54 Å². The second kappa shape index (κ2) is 4.63. The summed E-state index contributed by atoms with van der Waals surface area (Å²) in [5.41, 5.74) is 6.27.